The van der Waals surface area contributed by atoms with Crippen molar-refractivity contribution < 1.29 is 4.39 Å². The fourth-order valence-corrected chi connectivity index (χ4v) is 4.66. The van der Waals surface area contributed by atoms with Gasteiger partial charge < -0.3 is 4.90 Å². The van der Waals surface area contributed by atoms with E-state index in [9.17, 15) is 9.65 Å². The molecule has 2 aliphatic rings. The molecule has 1 atom stereocenters. The summed E-state index contributed by atoms with van der Waals surface area (Å²) in [5, 5.41) is 9.99. The van der Waals surface area contributed by atoms with Gasteiger partial charge in [-0.25, -0.2) is 4.39 Å². The van der Waals surface area contributed by atoms with Crippen LogP contribution in [0.2, 0.25) is 0 Å². The van der Waals surface area contributed by atoms with Crippen molar-refractivity contribution in [3.63, 3.8) is 0 Å². The summed E-state index contributed by atoms with van der Waals surface area (Å²) in [7, 11) is 0. The van der Waals surface area contributed by atoms with Crippen molar-refractivity contribution in [2.45, 2.75) is 51.4 Å². The van der Waals surface area contributed by atoms with E-state index in [0.717, 1.165) is 49.2 Å². The molecule has 2 aromatic rings. The number of fused-ring (bicyclic) bond motifs is 1. The van der Waals surface area contributed by atoms with E-state index in [2.05, 4.69) is 24.0 Å². The van der Waals surface area contributed by atoms with Gasteiger partial charge in [-0.05, 0) is 84.9 Å². The van der Waals surface area contributed by atoms with Crippen molar-refractivity contribution in [1.82, 2.24) is 0 Å². The summed E-state index contributed by atoms with van der Waals surface area (Å²) in [6.45, 7) is 4.28. The lowest BCUT2D eigenvalue weighted by Crippen LogP contribution is -2.31. The Bertz CT molecular complexity index is 842. The number of halogens is 1. The minimum atomic E-state index is -0.208. The van der Waals surface area contributed by atoms with Gasteiger partial charge in [0, 0.05) is 13.1 Å². The third-order valence-corrected chi connectivity index (χ3v) is 5.98. The van der Waals surface area contributed by atoms with Crippen LogP contribution in [-0.2, 0) is 6.42 Å². The van der Waals surface area contributed by atoms with E-state index in [1.807, 2.05) is 12.1 Å². The van der Waals surface area contributed by atoms with E-state index in [1.165, 1.54) is 48.1 Å². The molecule has 26 heavy (non-hydrogen) atoms. The molecule has 0 aromatic heterocycles. The van der Waals surface area contributed by atoms with Gasteiger partial charge in [0.15, 0.2) is 0 Å². The van der Waals surface area contributed by atoms with Crippen LogP contribution < -0.4 is 4.90 Å². The number of anilines is 1. The zero-order valence-electron chi connectivity index (χ0n) is 15.4. The van der Waals surface area contributed by atoms with Crippen LogP contribution in [0.3, 0.4) is 0 Å². The van der Waals surface area contributed by atoms with Crippen molar-refractivity contribution >= 4 is 5.69 Å². The summed E-state index contributed by atoms with van der Waals surface area (Å²) in [6.07, 6.45) is 6.92. The Morgan fingerprint density at radius 2 is 1.81 bits per heavy atom. The van der Waals surface area contributed by atoms with Gasteiger partial charge in [0.2, 0.25) is 0 Å². The van der Waals surface area contributed by atoms with Crippen LogP contribution in [0.5, 0.6) is 0 Å². The van der Waals surface area contributed by atoms with Crippen LogP contribution >= 0.6 is 0 Å². The van der Waals surface area contributed by atoms with E-state index in [-0.39, 0.29) is 5.82 Å². The highest BCUT2D eigenvalue weighted by Gasteiger charge is 2.28. The number of hydrogen-bond acceptors (Lipinski definition) is 2. The Balaban J connectivity index is 1.94. The van der Waals surface area contributed by atoms with Gasteiger partial charge in [0.25, 0.3) is 0 Å². The first kappa shape index (κ1) is 17.1. The highest BCUT2D eigenvalue weighted by Crippen LogP contribution is 2.43. The lowest BCUT2D eigenvalue weighted by Gasteiger charge is -2.34. The number of benzene rings is 2. The Morgan fingerprint density at radius 1 is 1.08 bits per heavy atom. The standard InChI is InChI=1S/C23H25FN2/c1-16-6-5-7-19-20(17-8-10-18(24)11-9-17)14-22(21(15-25)23(16)19)26-12-3-2-4-13-26/h8-11,14,16H,2-7,12-13H2,1H3. The van der Waals surface area contributed by atoms with Crippen molar-refractivity contribution in [1.29, 1.82) is 5.26 Å². The maximum Gasteiger partial charge on any atom is 0.123 e. The van der Waals surface area contributed by atoms with Gasteiger partial charge in [-0.2, -0.15) is 5.26 Å². The highest BCUT2D eigenvalue weighted by molar-refractivity contribution is 5.79. The maximum atomic E-state index is 13.4. The largest absolute Gasteiger partial charge is 0.370 e. The number of rotatable bonds is 2. The lowest BCUT2D eigenvalue weighted by atomic mass is 9.77. The third kappa shape index (κ3) is 2.98. The van der Waals surface area contributed by atoms with Gasteiger partial charge >= 0.3 is 0 Å². The predicted molar refractivity (Wildman–Crippen MR) is 104 cm³/mol. The average molecular weight is 348 g/mol. The number of nitrogens with zero attached hydrogens (tertiary/aromatic N) is 2. The Morgan fingerprint density at radius 3 is 2.50 bits per heavy atom. The van der Waals surface area contributed by atoms with E-state index in [1.54, 1.807) is 0 Å². The SMILES string of the molecule is CC1CCCc2c(-c3ccc(F)cc3)cc(N3CCCCC3)c(C#N)c21. The first-order valence-electron chi connectivity index (χ1n) is 9.80. The lowest BCUT2D eigenvalue weighted by molar-refractivity contribution is 0.571. The fraction of sp³-hybridized carbons (Fsp3) is 0.435. The molecule has 0 amide bonds. The predicted octanol–water partition coefficient (Wildman–Crippen LogP) is 5.79. The zero-order valence-corrected chi connectivity index (χ0v) is 15.4. The first-order chi connectivity index (χ1) is 12.7. The van der Waals surface area contributed by atoms with Gasteiger partial charge in [-0.1, -0.05) is 19.1 Å². The quantitative estimate of drug-likeness (QED) is 0.686. The molecule has 0 bridgehead atoms. The summed E-state index contributed by atoms with van der Waals surface area (Å²) < 4.78 is 13.4. The van der Waals surface area contributed by atoms with Gasteiger partial charge in [0.05, 0.1) is 11.3 Å². The molecule has 2 nitrogen and oxygen atoms in total. The van der Waals surface area contributed by atoms with Crippen molar-refractivity contribution in [2.24, 2.45) is 0 Å². The summed E-state index contributed by atoms with van der Waals surface area (Å²) in [4.78, 5) is 2.39. The van der Waals surface area contributed by atoms with Crippen molar-refractivity contribution in [3.8, 4) is 17.2 Å². The molecule has 134 valence electrons. The second-order valence-corrected chi connectivity index (χ2v) is 7.67. The molecule has 4 rings (SSSR count). The molecule has 0 radical (unpaired) electrons. The highest BCUT2D eigenvalue weighted by atomic mass is 19.1. The van der Waals surface area contributed by atoms with Gasteiger partial charge in [-0.15, -0.1) is 0 Å². The summed E-state index contributed by atoms with van der Waals surface area (Å²) in [5.41, 5.74) is 6.73. The molecular formula is C23H25FN2. The molecule has 2 aromatic carbocycles. The van der Waals surface area contributed by atoms with E-state index in [0.29, 0.717) is 5.92 Å². The molecule has 1 unspecified atom stereocenters. The molecule has 0 N–H and O–H groups in total. The smallest absolute Gasteiger partial charge is 0.123 e. The third-order valence-electron chi connectivity index (χ3n) is 5.98. The zero-order chi connectivity index (χ0) is 18.1. The Kier molecular flexibility index (Phi) is 4.68. The van der Waals surface area contributed by atoms with Gasteiger partial charge in [0.1, 0.15) is 11.9 Å². The number of piperidine rings is 1. The van der Waals surface area contributed by atoms with Gasteiger partial charge in [-0.3, -0.25) is 0 Å². The van der Waals surface area contributed by atoms with Crippen molar-refractivity contribution in [3.05, 3.63) is 52.8 Å². The summed E-state index contributed by atoms with van der Waals surface area (Å²) >= 11 is 0. The molecule has 1 fully saturated rings. The van der Waals surface area contributed by atoms with Crippen LogP contribution in [0.4, 0.5) is 10.1 Å². The fourth-order valence-electron chi connectivity index (χ4n) is 4.66. The van der Waals surface area contributed by atoms with Crippen molar-refractivity contribution in [2.75, 3.05) is 18.0 Å². The van der Waals surface area contributed by atoms with Crippen LogP contribution in [0.1, 0.15) is 61.6 Å². The van der Waals surface area contributed by atoms with Crippen LogP contribution in [-0.4, -0.2) is 13.1 Å². The number of hydrogen-bond donors (Lipinski definition) is 0. The topological polar surface area (TPSA) is 27.0 Å². The molecule has 0 saturated carbocycles. The van der Waals surface area contributed by atoms with Crippen LogP contribution in [0.15, 0.2) is 30.3 Å². The summed E-state index contributed by atoms with van der Waals surface area (Å²) in [5.74, 6) is 0.193. The molecule has 0 spiro atoms. The molecule has 3 heteroatoms. The molecule has 1 heterocycles. The van der Waals surface area contributed by atoms with Crippen LogP contribution in [0.25, 0.3) is 11.1 Å². The van der Waals surface area contributed by atoms with E-state index < -0.39 is 0 Å². The molecule has 1 saturated heterocycles. The monoisotopic (exact) mass is 348 g/mol. The minimum Gasteiger partial charge on any atom is -0.370 e. The maximum absolute atomic E-state index is 13.4. The van der Waals surface area contributed by atoms with E-state index >= 15 is 0 Å². The summed E-state index contributed by atoms with van der Waals surface area (Å²) in [6, 6.07) is 11.6. The minimum absolute atomic E-state index is 0.208. The Hall–Kier alpha value is -2.34. The normalized spacial score (nSPS) is 19.7. The Labute approximate surface area is 155 Å². The second-order valence-electron chi connectivity index (χ2n) is 7.67. The molecule has 1 aliphatic heterocycles. The average Bonchev–Trinajstić information content (AvgIpc) is 2.68. The molecule has 1 aliphatic carbocycles. The van der Waals surface area contributed by atoms with Crippen LogP contribution in [0, 0.1) is 17.1 Å². The number of nitriles is 1. The molecular weight excluding hydrogens is 323 g/mol. The first-order valence-corrected chi connectivity index (χ1v) is 9.80. The second kappa shape index (κ2) is 7.11. The van der Waals surface area contributed by atoms with E-state index in [4.69, 9.17) is 0 Å².